The Morgan fingerprint density at radius 1 is 1.23 bits per heavy atom. The number of carbonyl (C=O) groups is 1. The molecule has 26 heavy (non-hydrogen) atoms. The zero-order valence-corrected chi connectivity index (χ0v) is 16.9. The van der Waals surface area contributed by atoms with Crippen LogP contribution in [0, 0.1) is 12.8 Å². The van der Waals surface area contributed by atoms with Gasteiger partial charge in [0.15, 0.2) is 9.84 Å². The van der Waals surface area contributed by atoms with E-state index in [0.717, 1.165) is 5.56 Å². The third kappa shape index (κ3) is 5.28. The molecule has 1 saturated heterocycles. The molecule has 2 rings (SSSR count). The number of sulfonamides is 1. The second kappa shape index (κ2) is 8.06. The lowest BCUT2D eigenvalue weighted by Gasteiger charge is -2.39. The first kappa shape index (κ1) is 20.9. The molecule has 0 atom stereocenters. The predicted octanol–water partition coefficient (Wildman–Crippen LogP) is 0.945. The van der Waals surface area contributed by atoms with Crippen LogP contribution in [0.25, 0.3) is 0 Å². The molecule has 1 fully saturated rings. The summed E-state index contributed by atoms with van der Waals surface area (Å²) >= 11 is 0. The van der Waals surface area contributed by atoms with Crippen molar-refractivity contribution >= 4 is 25.8 Å². The molecular weight excluding hydrogens is 376 g/mol. The maximum Gasteiger partial charge on any atom is 0.240 e. The Balaban J connectivity index is 1.80. The Morgan fingerprint density at radius 2 is 1.88 bits per heavy atom. The summed E-state index contributed by atoms with van der Waals surface area (Å²) in [7, 11) is -6.84. The van der Waals surface area contributed by atoms with Gasteiger partial charge in [0.05, 0.1) is 15.9 Å². The highest BCUT2D eigenvalue weighted by atomic mass is 32.2. The summed E-state index contributed by atoms with van der Waals surface area (Å²) in [6, 6.07) is 6.52. The van der Waals surface area contributed by atoms with Crippen molar-refractivity contribution in [3.8, 4) is 0 Å². The summed E-state index contributed by atoms with van der Waals surface area (Å²) in [5, 5.41) is -0.502. The molecule has 1 N–H and O–H groups in total. The van der Waals surface area contributed by atoms with E-state index in [-0.39, 0.29) is 48.5 Å². The maximum absolute atomic E-state index is 12.2. The molecule has 1 aromatic rings. The van der Waals surface area contributed by atoms with Crippen LogP contribution in [-0.2, 0) is 24.7 Å². The smallest absolute Gasteiger partial charge is 0.240 e. The predicted molar refractivity (Wildman–Crippen MR) is 100.0 cm³/mol. The molecule has 0 saturated carbocycles. The summed E-state index contributed by atoms with van der Waals surface area (Å²) in [6.07, 6.45) is 0.00198. The number of nitrogens with zero attached hydrogens (tertiary/aromatic N) is 1. The number of likely N-dealkylation sites (tertiary alicyclic amines) is 1. The lowest BCUT2D eigenvalue weighted by molar-refractivity contribution is -0.134. The summed E-state index contributed by atoms with van der Waals surface area (Å²) in [5.41, 5.74) is 0.832. The van der Waals surface area contributed by atoms with Gasteiger partial charge in [0.25, 0.3) is 0 Å². The number of rotatable bonds is 8. The number of hydrogen-bond donors (Lipinski definition) is 1. The molecule has 0 unspecified atom stereocenters. The van der Waals surface area contributed by atoms with Crippen LogP contribution in [0.15, 0.2) is 29.2 Å². The number of benzene rings is 1. The summed E-state index contributed by atoms with van der Waals surface area (Å²) in [6.45, 7) is 5.86. The fourth-order valence-corrected chi connectivity index (χ4v) is 5.94. The molecule has 9 heteroatoms. The minimum Gasteiger partial charge on any atom is -0.340 e. The van der Waals surface area contributed by atoms with Crippen molar-refractivity contribution in [3.63, 3.8) is 0 Å². The van der Waals surface area contributed by atoms with E-state index in [1.54, 1.807) is 25.1 Å². The molecule has 1 aromatic carbocycles. The van der Waals surface area contributed by atoms with Gasteiger partial charge in [-0.05, 0) is 30.5 Å². The fraction of sp³-hybridized carbons (Fsp3) is 0.588. The SMILES string of the molecule is Cc1cccc(S(=O)(=O)NCCC(=O)N2CC(S(=O)(=O)CC(C)C)C2)c1. The van der Waals surface area contributed by atoms with Crippen molar-refractivity contribution in [2.45, 2.75) is 37.3 Å². The highest BCUT2D eigenvalue weighted by molar-refractivity contribution is 7.92. The van der Waals surface area contributed by atoms with Crippen molar-refractivity contribution in [2.75, 3.05) is 25.4 Å². The standard InChI is InChI=1S/C17H26N2O5S2/c1-13(2)12-25(21,22)16-10-19(11-16)17(20)7-8-18-26(23,24)15-6-4-5-14(3)9-15/h4-6,9,13,16,18H,7-8,10-12H2,1-3H3. The number of sulfone groups is 1. The lowest BCUT2D eigenvalue weighted by atomic mass is 10.2. The van der Waals surface area contributed by atoms with Gasteiger partial charge in [-0.25, -0.2) is 21.6 Å². The van der Waals surface area contributed by atoms with Crippen molar-refractivity contribution < 1.29 is 21.6 Å². The van der Waals surface area contributed by atoms with E-state index in [2.05, 4.69) is 4.72 Å². The Labute approximate surface area is 155 Å². The van der Waals surface area contributed by atoms with Gasteiger partial charge < -0.3 is 4.90 Å². The van der Waals surface area contributed by atoms with E-state index < -0.39 is 25.1 Å². The Bertz CT molecular complexity index is 857. The van der Waals surface area contributed by atoms with E-state index >= 15 is 0 Å². The Kier molecular flexibility index (Phi) is 6.46. The van der Waals surface area contributed by atoms with Gasteiger partial charge in [-0.15, -0.1) is 0 Å². The third-order valence-electron chi connectivity index (χ3n) is 4.21. The van der Waals surface area contributed by atoms with Crippen LogP contribution in [0.3, 0.4) is 0 Å². The van der Waals surface area contributed by atoms with Crippen LogP contribution in [0.2, 0.25) is 0 Å². The fourth-order valence-electron chi connectivity index (χ4n) is 2.79. The first-order valence-corrected chi connectivity index (χ1v) is 11.8. The quantitative estimate of drug-likeness (QED) is 0.698. The van der Waals surface area contributed by atoms with Gasteiger partial charge in [-0.3, -0.25) is 4.79 Å². The van der Waals surface area contributed by atoms with Crippen molar-refractivity contribution in [2.24, 2.45) is 5.92 Å². The zero-order chi connectivity index (χ0) is 19.5. The molecule has 0 spiro atoms. The highest BCUT2D eigenvalue weighted by Crippen LogP contribution is 2.20. The number of amides is 1. The largest absolute Gasteiger partial charge is 0.340 e. The minimum absolute atomic E-state index is 0.00198. The second-order valence-electron chi connectivity index (χ2n) is 7.11. The lowest BCUT2D eigenvalue weighted by Crippen LogP contribution is -2.57. The molecule has 1 aliphatic rings. The van der Waals surface area contributed by atoms with Crippen molar-refractivity contribution in [1.82, 2.24) is 9.62 Å². The molecule has 0 aliphatic carbocycles. The van der Waals surface area contributed by atoms with E-state index in [0.29, 0.717) is 0 Å². The van der Waals surface area contributed by atoms with Gasteiger partial charge >= 0.3 is 0 Å². The van der Waals surface area contributed by atoms with E-state index in [1.165, 1.54) is 11.0 Å². The average Bonchev–Trinajstić information content (AvgIpc) is 2.43. The second-order valence-corrected chi connectivity index (χ2v) is 11.2. The van der Waals surface area contributed by atoms with Crippen molar-refractivity contribution in [3.05, 3.63) is 29.8 Å². The summed E-state index contributed by atoms with van der Waals surface area (Å²) < 4.78 is 51.0. The third-order valence-corrected chi connectivity index (χ3v) is 8.11. The topological polar surface area (TPSA) is 101 Å². The van der Waals surface area contributed by atoms with Gasteiger partial charge in [0, 0.05) is 26.1 Å². The van der Waals surface area contributed by atoms with E-state index in [9.17, 15) is 21.6 Å². The van der Waals surface area contributed by atoms with Crippen LogP contribution in [0.1, 0.15) is 25.8 Å². The average molecular weight is 403 g/mol. The van der Waals surface area contributed by atoms with Gasteiger partial charge in [0.2, 0.25) is 15.9 Å². The van der Waals surface area contributed by atoms with Crippen LogP contribution in [0.4, 0.5) is 0 Å². The Hall–Kier alpha value is -1.45. The number of carbonyl (C=O) groups excluding carboxylic acids is 1. The summed E-state index contributed by atoms with van der Waals surface area (Å²) in [5.74, 6) is -0.0653. The monoisotopic (exact) mass is 402 g/mol. The first-order chi connectivity index (χ1) is 12.0. The first-order valence-electron chi connectivity index (χ1n) is 8.57. The normalized spacial score (nSPS) is 15.9. The van der Waals surface area contributed by atoms with E-state index in [4.69, 9.17) is 0 Å². The number of hydrogen-bond acceptors (Lipinski definition) is 5. The van der Waals surface area contributed by atoms with Gasteiger partial charge in [-0.2, -0.15) is 0 Å². The minimum atomic E-state index is -3.66. The van der Waals surface area contributed by atoms with Crippen LogP contribution in [0.5, 0.6) is 0 Å². The molecule has 1 aliphatic heterocycles. The van der Waals surface area contributed by atoms with Gasteiger partial charge in [-0.1, -0.05) is 26.0 Å². The molecule has 0 bridgehead atoms. The Morgan fingerprint density at radius 3 is 2.46 bits per heavy atom. The van der Waals surface area contributed by atoms with Crippen LogP contribution in [-0.4, -0.2) is 58.3 Å². The molecule has 146 valence electrons. The van der Waals surface area contributed by atoms with Gasteiger partial charge in [0.1, 0.15) is 0 Å². The molecular formula is C17H26N2O5S2. The van der Waals surface area contributed by atoms with Crippen LogP contribution < -0.4 is 4.72 Å². The zero-order valence-electron chi connectivity index (χ0n) is 15.3. The molecule has 1 heterocycles. The molecule has 1 amide bonds. The highest BCUT2D eigenvalue weighted by Gasteiger charge is 2.39. The maximum atomic E-state index is 12.2. The number of nitrogens with one attached hydrogen (secondary N) is 1. The summed E-state index contributed by atoms with van der Waals surface area (Å²) in [4.78, 5) is 13.7. The van der Waals surface area contributed by atoms with E-state index in [1.807, 2.05) is 13.8 Å². The molecule has 7 nitrogen and oxygen atoms in total. The molecule has 0 radical (unpaired) electrons. The number of aryl methyl sites for hydroxylation is 1. The molecule has 0 aromatic heterocycles. The van der Waals surface area contributed by atoms with Crippen molar-refractivity contribution in [1.29, 1.82) is 0 Å². The van der Waals surface area contributed by atoms with Crippen LogP contribution >= 0.6 is 0 Å².